The maximum Gasteiger partial charge on any atom is 0.422 e. The molecular weight excluding hydrogens is 311 g/mol. The van der Waals surface area contributed by atoms with Crippen LogP contribution in [-0.2, 0) is 0 Å². The van der Waals surface area contributed by atoms with Gasteiger partial charge in [0.2, 0.25) is 0 Å². The highest BCUT2D eigenvalue weighted by atomic mass is 35.5. The van der Waals surface area contributed by atoms with Gasteiger partial charge in [0.1, 0.15) is 11.4 Å². The molecule has 0 spiro atoms. The molecule has 0 aliphatic heterocycles. The quantitative estimate of drug-likeness (QED) is 0.909. The van der Waals surface area contributed by atoms with Crippen molar-refractivity contribution in [3.63, 3.8) is 0 Å². The second-order valence-electron chi connectivity index (χ2n) is 3.97. The second-order valence-corrected chi connectivity index (χ2v) is 4.38. The molecule has 0 saturated carbocycles. The van der Waals surface area contributed by atoms with Gasteiger partial charge >= 0.3 is 6.18 Å². The zero-order chi connectivity index (χ0) is 15.5. The highest BCUT2D eigenvalue weighted by molar-refractivity contribution is 6.32. The lowest BCUT2D eigenvalue weighted by Crippen LogP contribution is -2.19. The van der Waals surface area contributed by atoms with E-state index in [1.54, 1.807) is 0 Å². The van der Waals surface area contributed by atoms with Gasteiger partial charge in [-0.05, 0) is 24.3 Å². The van der Waals surface area contributed by atoms with Crippen molar-refractivity contribution in [2.45, 2.75) is 6.18 Å². The average Bonchev–Trinajstić information content (AvgIpc) is 2.90. The summed E-state index contributed by atoms with van der Waals surface area (Å²) in [6.07, 6.45) is -3.03. The van der Waals surface area contributed by atoms with E-state index in [4.69, 9.17) is 11.6 Å². The van der Waals surface area contributed by atoms with E-state index < -0.39 is 18.7 Å². The number of carbonyl (C=O) groups is 1. The zero-order valence-electron chi connectivity index (χ0n) is 10.4. The molecule has 0 saturated heterocycles. The largest absolute Gasteiger partial charge is 0.483 e. The van der Waals surface area contributed by atoms with Gasteiger partial charge in [0.05, 0.1) is 5.02 Å². The van der Waals surface area contributed by atoms with Crippen LogP contribution in [0.5, 0.6) is 5.75 Å². The highest BCUT2D eigenvalue weighted by Crippen LogP contribution is 2.29. The summed E-state index contributed by atoms with van der Waals surface area (Å²) in [4.78, 5) is 11.7. The van der Waals surface area contributed by atoms with Crippen molar-refractivity contribution in [2.24, 2.45) is 0 Å². The zero-order valence-corrected chi connectivity index (χ0v) is 11.1. The van der Waals surface area contributed by atoms with Gasteiger partial charge in [-0.25, -0.2) is 0 Å². The summed E-state index contributed by atoms with van der Waals surface area (Å²) in [7, 11) is 0. The summed E-state index contributed by atoms with van der Waals surface area (Å²) in [6.45, 7) is -1.44. The fourth-order valence-corrected chi connectivity index (χ4v) is 1.67. The molecule has 0 fully saturated rings. The van der Waals surface area contributed by atoms with E-state index >= 15 is 0 Å². The maximum atomic E-state index is 12.0. The van der Waals surface area contributed by atoms with E-state index in [-0.39, 0.29) is 16.5 Å². The van der Waals surface area contributed by atoms with Gasteiger partial charge in [-0.3, -0.25) is 9.89 Å². The molecule has 1 heterocycles. The molecule has 5 nitrogen and oxygen atoms in total. The van der Waals surface area contributed by atoms with Crippen molar-refractivity contribution in [2.75, 3.05) is 11.9 Å². The van der Waals surface area contributed by atoms with Crippen LogP contribution in [0.15, 0.2) is 30.5 Å². The first-order chi connectivity index (χ1) is 9.85. The Bertz CT molecular complexity index is 629. The van der Waals surface area contributed by atoms with E-state index in [2.05, 4.69) is 20.3 Å². The molecule has 2 N–H and O–H groups in total. The van der Waals surface area contributed by atoms with E-state index in [1.807, 2.05) is 0 Å². The molecule has 2 rings (SSSR count). The Morgan fingerprint density at radius 2 is 2.14 bits per heavy atom. The predicted molar refractivity (Wildman–Crippen MR) is 69.5 cm³/mol. The third-order valence-electron chi connectivity index (χ3n) is 2.33. The van der Waals surface area contributed by atoms with Crippen molar-refractivity contribution >= 4 is 23.2 Å². The molecule has 0 atom stereocenters. The molecule has 112 valence electrons. The molecule has 0 unspecified atom stereocenters. The minimum Gasteiger partial charge on any atom is -0.483 e. The normalized spacial score (nSPS) is 11.2. The average molecular weight is 320 g/mol. The Kier molecular flexibility index (Phi) is 4.37. The molecule has 1 aromatic heterocycles. The number of rotatable bonds is 4. The fourth-order valence-electron chi connectivity index (χ4n) is 1.44. The summed E-state index contributed by atoms with van der Waals surface area (Å²) >= 11 is 5.80. The van der Waals surface area contributed by atoms with Gasteiger partial charge in [-0.15, -0.1) is 0 Å². The van der Waals surface area contributed by atoms with E-state index in [0.717, 1.165) is 0 Å². The first-order valence-electron chi connectivity index (χ1n) is 5.65. The number of nitrogens with one attached hydrogen (secondary N) is 2. The number of benzene rings is 1. The van der Waals surface area contributed by atoms with Crippen molar-refractivity contribution in [3.8, 4) is 5.75 Å². The van der Waals surface area contributed by atoms with Crippen LogP contribution < -0.4 is 10.1 Å². The number of amides is 1. The minimum absolute atomic E-state index is 0.0401. The standard InChI is InChI=1S/C12H9ClF3N3O2/c13-8-5-7(18-11(20)9-3-4-17-19-9)1-2-10(8)21-6-12(14,15)16/h1-5H,6H2,(H,17,19)(H,18,20). The van der Waals surface area contributed by atoms with Crippen LogP contribution in [0, 0.1) is 0 Å². The summed E-state index contributed by atoms with van der Waals surface area (Å²) in [6, 6.07) is 5.39. The number of hydrogen-bond donors (Lipinski definition) is 2. The molecule has 0 radical (unpaired) electrons. The Balaban J connectivity index is 2.03. The first kappa shape index (κ1) is 15.2. The third kappa shape index (κ3) is 4.38. The minimum atomic E-state index is -4.45. The number of halogens is 4. The molecule has 9 heteroatoms. The number of carbonyl (C=O) groups excluding carboxylic acids is 1. The molecule has 1 aromatic carbocycles. The van der Waals surface area contributed by atoms with Gasteiger partial charge in [0.25, 0.3) is 5.91 Å². The highest BCUT2D eigenvalue weighted by Gasteiger charge is 2.28. The van der Waals surface area contributed by atoms with Crippen LogP contribution in [-0.4, -0.2) is 28.9 Å². The van der Waals surface area contributed by atoms with E-state index in [0.29, 0.717) is 5.69 Å². The Morgan fingerprint density at radius 1 is 1.38 bits per heavy atom. The summed E-state index contributed by atoms with van der Waals surface area (Å²) in [5.41, 5.74) is 0.558. The number of aromatic nitrogens is 2. The lowest BCUT2D eigenvalue weighted by atomic mass is 10.3. The van der Waals surface area contributed by atoms with Gasteiger partial charge < -0.3 is 10.1 Å². The predicted octanol–water partition coefficient (Wildman–Crippen LogP) is 3.26. The number of aromatic amines is 1. The molecule has 1 amide bonds. The van der Waals surface area contributed by atoms with Crippen LogP contribution in [0.2, 0.25) is 5.02 Å². The van der Waals surface area contributed by atoms with Crippen molar-refractivity contribution < 1.29 is 22.7 Å². The Hall–Kier alpha value is -2.22. The van der Waals surface area contributed by atoms with Gasteiger partial charge in [-0.2, -0.15) is 18.3 Å². The summed E-state index contributed by atoms with van der Waals surface area (Å²) < 4.78 is 40.7. The van der Waals surface area contributed by atoms with Gasteiger partial charge in [-0.1, -0.05) is 11.6 Å². The van der Waals surface area contributed by atoms with Gasteiger partial charge in [0.15, 0.2) is 6.61 Å². The van der Waals surface area contributed by atoms with Crippen LogP contribution in [0.25, 0.3) is 0 Å². The molecule has 2 aromatic rings. The van der Waals surface area contributed by atoms with E-state index in [1.165, 1.54) is 30.5 Å². The summed E-state index contributed by atoms with van der Waals surface area (Å²) in [5.74, 6) is -0.568. The Labute approximate surface area is 122 Å². The molecule has 0 aliphatic rings. The van der Waals surface area contributed by atoms with Crippen LogP contribution in [0.1, 0.15) is 10.5 Å². The molecule has 0 aliphatic carbocycles. The van der Waals surface area contributed by atoms with Crippen molar-refractivity contribution in [1.29, 1.82) is 0 Å². The van der Waals surface area contributed by atoms with Crippen molar-refractivity contribution in [1.82, 2.24) is 10.2 Å². The van der Waals surface area contributed by atoms with Crippen molar-refractivity contribution in [3.05, 3.63) is 41.2 Å². The SMILES string of the molecule is O=C(Nc1ccc(OCC(F)(F)F)c(Cl)c1)c1ccn[nH]1. The van der Waals surface area contributed by atoms with Gasteiger partial charge in [0, 0.05) is 11.9 Å². The number of alkyl halides is 3. The second kappa shape index (κ2) is 6.04. The number of hydrogen-bond acceptors (Lipinski definition) is 3. The topological polar surface area (TPSA) is 67.0 Å². The fraction of sp³-hybridized carbons (Fsp3) is 0.167. The number of anilines is 1. The lowest BCUT2D eigenvalue weighted by molar-refractivity contribution is -0.153. The maximum absolute atomic E-state index is 12.0. The third-order valence-corrected chi connectivity index (χ3v) is 2.62. The van der Waals surface area contributed by atoms with Crippen LogP contribution in [0.4, 0.5) is 18.9 Å². The molecular formula is C12H9ClF3N3O2. The van der Waals surface area contributed by atoms with E-state index in [9.17, 15) is 18.0 Å². The number of nitrogens with zero attached hydrogens (tertiary/aromatic N) is 1. The molecule has 21 heavy (non-hydrogen) atoms. The molecule has 0 bridgehead atoms. The number of H-pyrrole nitrogens is 1. The number of ether oxygens (including phenoxy) is 1. The smallest absolute Gasteiger partial charge is 0.422 e. The monoisotopic (exact) mass is 319 g/mol. The Morgan fingerprint density at radius 3 is 2.71 bits per heavy atom. The lowest BCUT2D eigenvalue weighted by Gasteiger charge is -2.11. The van der Waals surface area contributed by atoms with Crippen LogP contribution in [0.3, 0.4) is 0 Å². The summed E-state index contributed by atoms with van der Waals surface area (Å²) in [5, 5.41) is 8.57. The first-order valence-corrected chi connectivity index (χ1v) is 6.03. The van der Waals surface area contributed by atoms with Crippen LogP contribution >= 0.6 is 11.6 Å².